The van der Waals surface area contributed by atoms with E-state index in [1.165, 1.54) is 91.7 Å². The Hall–Kier alpha value is -3.38. The molecule has 2 aromatic carbocycles. The van der Waals surface area contributed by atoms with E-state index in [1.54, 1.807) is 11.1 Å². The maximum Gasteiger partial charge on any atom is 0.0201 e. The number of hydrogen-bond acceptors (Lipinski definition) is 0. The molecule has 2 aromatic rings. The fraction of sp³-hybridized carbons (Fsp3) is 0.350. The van der Waals surface area contributed by atoms with Crippen LogP contribution in [0.25, 0.3) is 5.57 Å². The fourth-order valence-electron chi connectivity index (χ4n) is 7.70. The molecule has 204 valence electrons. The van der Waals surface area contributed by atoms with Crippen LogP contribution in [-0.2, 0) is 12.8 Å². The van der Waals surface area contributed by atoms with Crippen LogP contribution in [0.5, 0.6) is 0 Å². The first-order chi connectivity index (χ1) is 19.2. The summed E-state index contributed by atoms with van der Waals surface area (Å²) in [7, 11) is 0. The van der Waals surface area contributed by atoms with Crippen LogP contribution in [0.3, 0.4) is 0 Å². The fourth-order valence-corrected chi connectivity index (χ4v) is 7.70. The third kappa shape index (κ3) is 4.66. The maximum atomic E-state index is 4.78. The molecule has 0 heteroatoms. The van der Waals surface area contributed by atoms with Gasteiger partial charge in [-0.05, 0) is 139 Å². The Balaban J connectivity index is 1.31. The minimum atomic E-state index is 0.313. The predicted molar refractivity (Wildman–Crippen MR) is 173 cm³/mol. The summed E-state index contributed by atoms with van der Waals surface area (Å²) in [5, 5.41) is 0. The zero-order valence-electron chi connectivity index (χ0n) is 25.2. The molecule has 0 N–H and O–H groups in total. The van der Waals surface area contributed by atoms with Gasteiger partial charge in [-0.3, -0.25) is 0 Å². The average Bonchev–Trinajstić information content (AvgIpc) is 3.65. The van der Waals surface area contributed by atoms with Crippen molar-refractivity contribution in [3.63, 3.8) is 0 Å². The van der Waals surface area contributed by atoms with E-state index in [0.29, 0.717) is 11.8 Å². The van der Waals surface area contributed by atoms with Crippen LogP contribution >= 0.6 is 0 Å². The molecule has 1 fully saturated rings. The lowest BCUT2D eigenvalue weighted by Gasteiger charge is -2.35. The normalized spacial score (nSPS) is 22.9. The lowest BCUT2D eigenvalue weighted by molar-refractivity contribution is 0.618. The number of benzene rings is 2. The Morgan fingerprint density at radius 2 is 1.68 bits per heavy atom. The summed E-state index contributed by atoms with van der Waals surface area (Å²) < 4.78 is 0. The molecule has 0 bridgehead atoms. The van der Waals surface area contributed by atoms with Crippen molar-refractivity contribution in [2.45, 2.75) is 85.5 Å². The van der Waals surface area contributed by atoms with E-state index in [9.17, 15) is 0 Å². The summed E-state index contributed by atoms with van der Waals surface area (Å²) in [6.07, 6.45) is 17.5. The Bertz CT molecular complexity index is 1570. The first kappa shape index (κ1) is 26.8. The Kier molecular flexibility index (Phi) is 7.07. The van der Waals surface area contributed by atoms with Crippen molar-refractivity contribution >= 4 is 5.57 Å². The van der Waals surface area contributed by atoms with Crippen molar-refractivity contribution in [3.05, 3.63) is 146 Å². The Labute approximate surface area is 242 Å². The SMILES string of the molecule is C=C(CCC)C1=C(C)C=C2C/C(=C\C3=CC=C(c4cc(C)c(C)c(C)c4)C3)C(=C)C2C1c1ccc2c(c1)CCC2. The molecular formula is C40H44. The van der Waals surface area contributed by atoms with E-state index in [4.69, 9.17) is 6.58 Å². The molecule has 0 aliphatic heterocycles. The van der Waals surface area contributed by atoms with Crippen LogP contribution in [0.4, 0.5) is 0 Å². The standard InChI is InChI=1S/C40H44/c1-8-10-24(2)38-27(5)19-37-23-35(21-30-13-14-33(20-30)36-17-25(3)28(6)26(4)18-36)29(7)39(37)40(38)34-16-15-31-11-9-12-32(31)22-34/h13-19,21-22,39-40H,2,7-12,20,23H2,1,3-6H3/b35-21+. The summed E-state index contributed by atoms with van der Waals surface area (Å²) in [5.74, 6) is 0.642. The van der Waals surface area contributed by atoms with Gasteiger partial charge in [0.1, 0.15) is 0 Å². The highest BCUT2D eigenvalue weighted by molar-refractivity contribution is 5.75. The quantitative estimate of drug-likeness (QED) is 0.352. The van der Waals surface area contributed by atoms with Crippen LogP contribution in [0.1, 0.15) is 90.8 Å². The van der Waals surface area contributed by atoms with Crippen molar-refractivity contribution in [2.24, 2.45) is 5.92 Å². The van der Waals surface area contributed by atoms with Crippen molar-refractivity contribution in [1.82, 2.24) is 0 Å². The van der Waals surface area contributed by atoms with Gasteiger partial charge in [0, 0.05) is 11.8 Å². The molecule has 6 rings (SSSR count). The molecule has 40 heavy (non-hydrogen) atoms. The molecule has 4 aliphatic carbocycles. The van der Waals surface area contributed by atoms with Crippen LogP contribution in [0.15, 0.2) is 107 Å². The minimum absolute atomic E-state index is 0.313. The second kappa shape index (κ2) is 10.5. The summed E-state index contributed by atoms with van der Waals surface area (Å²) in [6.45, 7) is 20.7. The number of hydrogen-bond donors (Lipinski definition) is 0. The third-order valence-corrected chi connectivity index (χ3v) is 10.0. The van der Waals surface area contributed by atoms with Crippen LogP contribution in [0.2, 0.25) is 0 Å². The largest absolute Gasteiger partial charge is 0.0955 e. The molecule has 2 atom stereocenters. The minimum Gasteiger partial charge on any atom is -0.0955 e. The van der Waals surface area contributed by atoms with Gasteiger partial charge in [-0.1, -0.05) is 92.3 Å². The van der Waals surface area contributed by atoms with Gasteiger partial charge in [0.25, 0.3) is 0 Å². The molecule has 0 spiro atoms. The smallest absolute Gasteiger partial charge is 0.0201 e. The van der Waals surface area contributed by atoms with Crippen molar-refractivity contribution in [3.8, 4) is 0 Å². The van der Waals surface area contributed by atoms with Gasteiger partial charge in [-0.25, -0.2) is 0 Å². The van der Waals surface area contributed by atoms with E-state index in [0.717, 1.165) is 25.7 Å². The molecule has 0 saturated heterocycles. The highest BCUT2D eigenvalue weighted by atomic mass is 14.4. The second-order valence-electron chi connectivity index (χ2n) is 12.7. The lowest BCUT2D eigenvalue weighted by atomic mass is 9.69. The summed E-state index contributed by atoms with van der Waals surface area (Å²) >= 11 is 0. The highest BCUT2D eigenvalue weighted by Crippen LogP contribution is 2.55. The van der Waals surface area contributed by atoms with Gasteiger partial charge in [-0.15, -0.1) is 0 Å². The van der Waals surface area contributed by atoms with Crippen LogP contribution < -0.4 is 0 Å². The van der Waals surface area contributed by atoms with Gasteiger partial charge in [-0.2, -0.15) is 0 Å². The molecule has 1 saturated carbocycles. The predicted octanol–water partition coefficient (Wildman–Crippen LogP) is 10.7. The van der Waals surface area contributed by atoms with Crippen LogP contribution in [0, 0.1) is 26.7 Å². The maximum absolute atomic E-state index is 4.78. The van der Waals surface area contributed by atoms with E-state index < -0.39 is 0 Å². The molecule has 0 aromatic heterocycles. The lowest BCUT2D eigenvalue weighted by Crippen LogP contribution is -2.21. The Morgan fingerprint density at radius 3 is 2.42 bits per heavy atom. The first-order valence-electron chi connectivity index (χ1n) is 15.3. The average molecular weight is 525 g/mol. The van der Waals surface area contributed by atoms with Gasteiger partial charge in [0.05, 0.1) is 0 Å². The summed E-state index contributed by atoms with van der Waals surface area (Å²) in [4.78, 5) is 0. The van der Waals surface area contributed by atoms with Gasteiger partial charge in [0.15, 0.2) is 0 Å². The second-order valence-corrected chi connectivity index (χ2v) is 12.7. The molecular weight excluding hydrogens is 480 g/mol. The van der Waals surface area contributed by atoms with E-state index in [-0.39, 0.29) is 0 Å². The molecule has 0 heterocycles. The topological polar surface area (TPSA) is 0 Å². The highest BCUT2D eigenvalue weighted by Gasteiger charge is 2.41. The van der Waals surface area contributed by atoms with Crippen LogP contribution in [-0.4, -0.2) is 0 Å². The molecule has 0 amide bonds. The number of fused-ring (bicyclic) bond motifs is 2. The zero-order valence-corrected chi connectivity index (χ0v) is 25.2. The number of allylic oxidation sites excluding steroid dienone is 12. The Morgan fingerprint density at radius 1 is 0.925 bits per heavy atom. The monoisotopic (exact) mass is 524 g/mol. The van der Waals surface area contributed by atoms with E-state index >= 15 is 0 Å². The summed E-state index contributed by atoms with van der Waals surface area (Å²) in [5.41, 5.74) is 21.3. The molecule has 4 aliphatic rings. The molecule has 0 radical (unpaired) electrons. The van der Waals surface area contributed by atoms with Gasteiger partial charge >= 0.3 is 0 Å². The van der Waals surface area contributed by atoms with E-state index in [2.05, 4.69) is 95.8 Å². The first-order valence-corrected chi connectivity index (χ1v) is 15.3. The van der Waals surface area contributed by atoms with Gasteiger partial charge < -0.3 is 0 Å². The molecule has 0 nitrogen and oxygen atoms in total. The summed E-state index contributed by atoms with van der Waals surface area (Å²) in [6, 6.07) is 12.1. The van der Waals surface area contributed by atoms with Crippen molar-refractivity contribution < 1.29 is 0 Å². The van der Waals surface area contributed by atoms with Crippen molar-refractivity contribution in [1.29, 1.82) is 0 Å². The zero-order chi connectivity index (χ0) is 28.1. The number of rotatable bonds is 6. The number of aryl methyl sites for hydroxylation is 4. The molecule has 2 unspecified atom stereocenters. The van der Waals surface area contributed by atoms with E-state index in [1.807, 2.05) is 0 Å². The third-order valence-electron chi connectivity index (χ3n) is 10.0. The van der Waals surface area contributed by atoms with Crippen molar-refractivity contribution in [2.75, 3.05) is 0 Å². The van der Waals surface area contributed by atoms with Gasteiger partial charge in [0.2, 0.25) is 0 Å².